The van der Waals surface area contributed by atoms with E-state index in [1.807, 2.05) is 0 Å². The van der Waals surface area contributed by atoms with Crippen molar-refractivity contribution in [1.29, 1.82) is 0 Å². The molecular weight excluding hydrogens is 292 g/mol. The summed E-state index contributed by atoms with van der Waals surface area (Å²) in [7, 11) is 0. The van der Waals surface area contributed by atoms with Crippen LogP contribution in [0.2, 0.25) is 0 Å². The molecule has 94 valence electrons. The van der Waals surface area contributed by atoms with Gasteiger partial charge >= 0.3 is 0 Å². The van der Waals surface area contributed by atoms with Gasteiger partial charge in [-0.2, -0.15) is 0 Å². The number of hydrogen-bond donors (Lipinski definition) is 1. The minimum absolute atomic E-state index is 0.261. The van der Waals surface area contributed by atoms with Crippen molar-refractivity contribution < 1.29 is 9.84 Å². The SMILES string of the molecule is Oc1ccc(OCCCc2ccc(Br)cc2)cc1. The van der Waals surface area contributed by atoms with E-state index < -0.39 is 0 Å². The molecule has 0 spiro atoms. The molecule has 18 heavy (non-hydrogen) atoms. The maximum atomic E-state index is 9.14. The average molecular weight is 307 g/mol. The first kappa shape index (κ1) is 13.0. The Bertz CT molecular complexity index is 429. The monoisotopic (exact) mass is 306 g/mol. The summed E-state index contributed by atoms with van der Waals surface area (Å²) in [6.07, 6.45) is 1.98. The fraction of sp³-hybridized carbons (Fsp3) is 0.200. The van der Waals surface area contributed by atoms with E-state index >= 15 is 0 Å². The van der Waals surface area contributed by atoms with E-state index in [1.165, 1.54) is 5.56 Å². The molecule has 0 aromatic heterocycles. The third-order valence-corrected chi connectivity index (χ3v) is 3.16. The van der Waals surface area contributed by atoms with E-state index in [9.17, 15) is 0 Å². The quantitative estimate of drug-likeness (QED) is 0.840. The number of halogens is 1. The van der Waals surface area contributed by atoms with Crippen molar-refractivity contribution in [2.24, 2.45) is 0 Å². The molecule has 2 rings (SSSR count). The number of aryl methyl sites for hydroxylation is 1. The van der Waals surface area contributed by atoms with Crippen molar-refractivity contribution in [1.82, 2.24) is 0 Å². The van der Waals surface area contributed by atoms with E-state index in [2.05, 4.69) is 40.2 Å². The van der Waals surface area contributed by atoms with Crippen LogP contribution >= 0.6 is 15.9 Å². The lowest BCUT2D eigenvalue weighted by molar-refractivity contribution is 0.310. The second-order valence-electron chi connectivity index (χ2n) is 4.07. The second kappa shape index (κ2) is 6.45. The van der Waals surface area contributed by atoms with E-state index in [-0.39, 0.29) is 5.75 Å². The molecule has 0 saturated heterocycles. The first-order chi connectivity index (χ1) is 8.74. The molecular formula is C15H15BrO2. The maximum Gasteiger partial charge on any atom is 0.119 e. The van der Waals surface area contributed by atoms with E-state index in [4.69, 9.17) is 9.84 Å². The van der Waals surface area contributed by atoms with E-state index in [0.717, 1.165) is 23.1 Å². The van der Waals surface area contributed by atoms with Gasteiger partial charge in [0.15, 0.2) is 0 Å². The van der Waals surface area contributed by atoms with Gasteiger partial charge in [0.2, 0.25) is 0 Å². The molecule has 0 aliphatic rings. The van der Waals surface area contributed by atoms with Crippen molar-refractivity contribution in [3.05, 3.63) is 58.6 Å². The normalized spacial score (nSPS) is 10.3. The van der Waals surface area contributed by atoms with Crippen molar-refractivity contribution >= 4 is 15.9 Å². The van der Waals surface area contributed by atoms with Crippen LogP contribution in [0.5, 0.6) is 11.5 Å². The highest BCUT2D eigenvalue weighted by molar-refractivity contribution is 9.10. The van der Waals surface area contributed by atoms with E-state index in [1.54, 1.807) is 24.3 Å². The van der Waals surface area contributed by atoms with Gasteiger partial charge in [-0.05, 0) is 54.8 Å². The lowest BCUT2D eigenvalue weighted by atomic mass is 10.1. The Morgan fingerprint density at radius 3 is 2.28 bits per heavy atom. The summed E-state index contributed by atoms with van der Waals surface area (Å²) in [5.74, 6) is 1.06. The molecule has 2 aromatic carbocycles. The summed E-state index contributed by atoms with van der Waals surface area (Å²) in [5, 5.41) is 9.14. The molecule has 0 fully saturated rings. The number of benzene rings is 2. The fourth-order valence-electron chi connectivity index (χ4n) is 1.66. The van der Waals surface area contributed by atoms with Gasteiger partial charge in [-0.3, -0.25) is 0 Å². The van der Waals surface area contributed by atoms with Gasteiger partial charge in [-0.15, -0.1) is 0 Å². The Balaban J connectivity index is 1.73. The molecule has 0 bridgehead atoms. The molecule has 0 aliphatic heterocycles. The zero-order chi connectivity index (χ0) is 12.8. The predicted octanol–water partition coefficient (Wildman–Crippen LogP) is 4.17. The molecule has 0 atom stereocenters. The van der Waals surface area contributed by atoms with Gasteiger partial charge in [0.25, 0.3) is 0 Å². The van der Waals surface area contributed by atoms with Gasteiger partial charge in [-0.1, -0.05) is 28.1 Å². The number of hydrogen-bond acceptors (Lipinski definition) is 2. The highest BCUT2D eigenvalue weighted by Crippen LogP contribution is 2.16. The number of rotatable bonds is 5. The molecule has 2 aromatic rings. The van der Waals surface area contributed by atoms with Crippen LogP contribution in [0.15, 0.2) is 53.0 Å². The van der Waals surface area contributed by atoms with Crippen LogP contribution in [0, 0.1) is 0 Å². The maximum absolute atomic E-state index is 9.14. The first-order valence-corrected chi connectivity index (χ1v) is 6.69. The third-order valence-electron chi connectivity index (χ3n) is 2.63. The van der Waals surface area contributed by atoms with Crippen molar-refractivity contribution in [2.45, 2.75) is 12.8 Å². The minimum Gasteiger partial charge on any atom is -0.508 e. The predicted molar refractivity (Wildman–Crippen MR) is 76.1 cm³/mol. The fourth-order valence-corrected chi connectivity index (χ4v) is 1.92. The highest BCUT2D eigenvalue weighted by atomic mass is 79.9. The largest absolute Gasteiger partial charge is 0.508 e. The van der Waals surface area contributed by atoms with Crippen LogP contribution in [-0.2, 0) is 6.42 Å². The number of ether oxygens (including phenoxy) is 1. The lowest BCUT2D eigenvalue weighted by Gasteiger charge is -2.06. The standard InChI is InChI=1S/C15H15BrO2/c16-13-5-3-12(4-6-13)2-1-11-18-15-9-7-14(17)8-10-15/h3-10,17H,1-2,11H2. The van der Waals surface area contributed by atoms with Crippen LogP contribution in [0.4, 0.5) is 0 Å². The zero-order valence-electron chi connectivity index (χ0n) is 9.97. The Labute approximate surface area is 115 Å². The average Bonchev–Trinajstić information content (AvgIpc) is 2.39. The number of phenolic OH excluding ortho intramolecular Hbond substituents is 1. The van der Waals surface area contributed by atoms with Gasteiger partial charge in [0.1, 0.15) is 11.5 Å². The highest BCUT2D eigenvalue weighted by Gasteiger charge is 1.96. The number of aromatic hydroxyl groups is 1. The van der Waals surface area contributed by atoms with Crippen LogP contribution in [0.3, 0.4) is 0 Å². The second-order valence-corrected chi connectivity index (χ2v) is 4.99. The lowest BCUT2D eigenvalue weighted by Crippen LogP contribution is -1.99. The summed E-state index contributed by atoms with van der Waals surface area (Å²) in [5.41, 5.74) is 1.31. The smallest absolute Gasteiger partial charge is 0.119 e. The molecule has 0 unspecified atom stereocenters. The van der Waals surface area contributed by atoms with Crippen molar-refractivity contribution in [2.75, 3.05) is 6.61 Å². The Morgan fingerprint density at radius 1 is 0.944 bits per heavy atom. The number of phenols is 1. The zero-order valence-corrected chi connectivity index (χ0v) is 11.6. The molecule has 0 amide bonds. The molecule has 2 nitrogen and oxygen atoms in total. The van der Waals surface area contributed by atoms with Gasteiger partial charge in [0, 0.05) is 4.47 Å². The first-order valence-electron chi connectivity index (χ1n) is 5.90. The third kappa shape index (κ3) is 4.08. The minimum atomic E-state index is 0.261. The van der Waals surface area contributed by atoms with Crippen LogP contribution in [0.1, 0.15) is 12.0 Å². The Morgan fingerprint density at radius 2 is 1.61 bits per heavy atom. The Kier molecular flexibility index (Phi) is 4.65. The molecule has 0 radical (unpaired) electrons. The summed E-state index contributed by atoms with van der Waals surface area (Å²) < 4.78 is 6.69. The Hall–Kier alpha value is -1.48. The van der Waals surface area contributed by atoms with Crippen molar-refractivity contribution in [3.8, 4) is 11.5 Å². The molecule has 0 saturated carbocycles. The molecule has 3 heteroatoms. The molecule has 1 N–H and O–H groups in total. The molecule has 0 heterocycles. The van der Waals surface area contributed by atoms with Crippen LogP contribution < -0.4 is 4.74 Å². The van der Waals surface area contributed by atoms with E-state index in [0.29, 0.717) is 6.61 Å². The van der Waals surface area contributed by atoms with Gasteiger partial charge in [-0.25, -0.2) is 0 Å². The topological polar surface area (TPSA) is 29.5 Å². The van der Waals surface area contributed by atoms with Crippen LogP contribution in [0.25, 0.3) is 0 Å². The molecule has 0 aliphatic carbocycles. The summed E-state index contributed by atoms with van der Waals surface area (Å²) >= 11 is 3.42. The summed E-state index contributed by atoms with van der Waals surface area (Å²) in [6.45, 7) is 0.681. The van der Waals surface area contributed by atoms with Gasteiger partial charge in [0.05, 0.1) is 6.61 Å². The van der Waals surface area contributed by atoms with Crippen molar-refractivity contribution in [3.63, 3.8) is 0 Å². The summed E-state index contributed by atoms with van der Waals surface area (Å²) in [6, 6.07) is 15.1. The van der Waals surface area contributed by atoms with Crippen LogP contribution in [-0.4, -0.2) is 11.7 Å². The van der Waals surface area contributed by atoms with Gasteiger partial charge < -0.3 is 9.84 Å². The summed E-state index contributed by atoms with van der Waals surface area (Å²) in [4.78, 5) is 0.